The summed E-state index contributed by atoms with van der Waals surface area (Å²) >= 11 is 1.54. The molecule has 2 N–H and O–H groups in total. The molecule has 0 aliphatic heterocycles. The van der Waals surface area contributed by atoms with Gasteiger partial charge in [0.25, 0.3) is 11.8 Å². The van der Waals surface area contributed by atoms with Crippen molar-refractivity contribution in [1.82, 2.24) is 15.2 Å². The highest BCUT2D eigenvalue weighted by molar-refractivity contribution is 7.10. The largest absolute Gasteiger partial charge is 0.355 e. The monoisotopic (exact) mass is 375 g/mol. The zero-order chi connectivity index (χ0) is 19.3. The van der Waals surface area contributed by atoms with E-state index in [1.54, 1.807) is 4.57 Å². The Bertz CT molecular complexity index is 825. The molecule has 0 aliphatic rings. The first-order chi connectivity index (χ1) is 12.3. The Morgan fingerprint density at radius 1 is 1.15 bits per heavy atom. The van der Waals surface area contributed by atoms with E-state index in [0.29, 0.717) is 12.5 Å². The second-order valence-electron chi connectivity index (χ2n) is 6.62. The summed E-state index contributed by atoms with van der Waals surface area (Å²) in [5, 5.41) is 7.24. The fourth-order valence-corrected chi connectivity index (χ4v) is 3.24. The molecule has 6 nitrogen and oxygen atoms in total. The minimum absolute atomic E-state index is 0.0155. The van der Waals surface area contributed by atoms with Crippen LogP contribution in [0.5, 0.6) is 0 Å². The number of thiophene rings is 1. The molecule has 2 rings (SSSR count). The fourth-order valence-electron chi connectivity index (χ4n) is 2.51. The molecule has 26 heavy (non-hydrogen) atoms. The van der Waals surface area contributed by atoms with E-state index in [1.807, 2.05) is 24.4 Å². The van der Waals surface area contributed by atoms with E-state index in [0.717, 1.165) is 11.3 Å². The summed E-state index contributed by atoms with van der Waals surface area (Å²) in [6.07, 6.45) is 3.93. The Morgan fingerprint density at radius 2 is 1.81 bits per heavy atom. The molecule has 1 atom stereocenters. The van der Waals surface area contributed by atoms with Crippen LogP contribution < -0.4 is 16.1 Å². The first-order valence-corrected chi connectivity index (χ1v) is 9.51. The zero-order valence-corrected chi connectivity index (χ0v) is 16.4. The van der Waals surface area contributed by atoms with Crippen LogP contribution in [0.1, 0.15) is 58.8 Å². The number of carbonyl (C=O) groups is 2. The molecule has 0 saturated heterocycles. The van der Waals surface area contributed by atoms with E-state index < -0.39 is 17.2 Å². The fraction of sp³-hybridized carbons (Fsp3) is 0.421. The molecule has 2 aromatic heterocycles. The minimum Gasteiger partial charge on any atom is -0.355 e. The smallest absolute Gasteiger partial charge is 0.257 e. The summed E-state index contributed by atoms with van der Waals surface area (Å²) in [6, 6.07) is 3.63. The van der Waals surface area contributed by atoms with Gasteiger partial charge in [-0.2, -0.15) is 0 Å². The van der Waals surface area contributed by atoms with Gasteiger partial charge < -0.3 is 15.2 Å². The lowest BCUT2D eigenvalue weighted by molar-refractivity contribution is 0.0938. The van der Waals surface area contributed by atoms with Gasteiger partial charge >= 0.3 is 0 Å². The van der Waals surface area contributed by atoms with Crippen molar-refractivity contribution in [3.05, 3.63) is 56.1 Å². The van der Waals surface area contributed by atoms with Gasteiger partial charge in [-0.15, -0.1) is 11.3 Å². The SMILES string of the molecule is CNC(=O)c1cn(CCC(C)C)cc(C(=O)N[C@@H](C)c2cccs2)c1=O. The first kappa shape index (κ1) is 19.9. The molecule has 0 bridgehead atoms. The quantitative estimate of drug-likeness (QED) is 0.781. The zero-order valence-electron chi connectivity index (χ0n) is 15.5. The van der Waals surface area contributed by atoms with Crippen molar-refractivity contribution in [3.63, 3.8) is 0 Å². The van der Waals surface area contributed by atoms with Gasteiger partial charge in [0.2, 0.25) is 5.43 Å². The number of hydrogen-bond donors (Lipinski definition) is 2. The van der Waals surface area contributed by atoms with Crippen molar-refractivity contribution in [1.29, 1.82) is 0 Å². The lowest BCUT2D eigenvalue weighted by atomic mass is 10.1. The highest BCUT2D eigenvalue weighted by atomic mass is 32.1. The highest BCUT2D eigenvalue weighted by Gasteiger charge is 2.20. The van der Waals surface area contributed by atoms with Crippen LogP contribution in [0.25, 0.3) is 0 Å². The van der Waals surface area contributed by atoms with E-state index >= 15 is 0 Å². The maximum Gasteiger partial charge on any atom is 0.257 e. The van der Waals surface area contributed by atoms with Crippen LogP contribution in [0.4, 0.5) is 0 Å². The van der Waals surface area contributed by atoms with Crippen molar-refractivity contribution in [3.8, 4) is 0 Å². The summed E-state index contributed by atoms with van der Waals surface area (Å²) < 4.78 is 1.75. The molecular formula is C19H25N3O3S. The number of carbonyl (C=O) groups excluding carboxylic acids is 2. The van der Waals surface area contributed by atoms with Crippen LogP contribution in [0.15, 0.2) is 34.7 Å². The molecule has 0 spiro atoms. The lowest BCUT2D eigenvalue weighted by Gasteiger charge is -2.15. The third-order valence-electron chi connectivity index (χ3n) is 4.08. The van der Waals surface area contributed by atoms with Gasteiger partial charge in [-0.3, -0.25) is 14.4 Å². The van der Waals surface area contributed by atoms with Gasteiger partial charge in [0.05, 0.1) is 6.04 Å². The van der Waals surface area contributed by atoms with Crippen molar-refractivity contribution < 1.29 is 9.59 Å². The third-order valence-corrected chi connectivity index (χ3v) is 5.13. The molecule has 0 aromatic carbocycles. The maximum absolute atomic E-state index is 12.7. The van der Waals surface area contributed by atoms with Crippen LogP contribution in [-0.2, 0) is 6.54 Å². The van der Waals surface area contributed by atoms with Crippen molar-refractivity contribution in [2.24, 2.45) is 5.92 Å². The molecule has 2 aromatic rings. The summed E-state index contributed by atoms with van der Waals surface area (Å²) in [4.78, 5) is 38.4. The minimum atomic E-state index is -0.555. The van der Waals surface area contributed by atoms with Gasteiger partial charge in [0, 0.05) is 30.9 Å². The number of aromatic nitrogens is 1. The van der Waals surface area contributed by atoms with Crippen molar-refractivity contribution >= 4 is 23.2 Å². The molecular weight excluding hydrogens is 350 g/mol. The highest BCUT2D eigenvalue weighted by Crippen LogP contribution is 2.18. The topological polar surface area (TPSA) is 80.2 Å². The van der Waals surface area contributed by atoms with E-state index in [-0.39, 0.29) is 17.2 Å². The number of pyridine rings is 1. The molecule has 0 unspecified atom stereocenters. The number of hydrogen-bond acceptors (Lipinski definition) is 4. The molecule has 2 amide bonds. The molecule has 0 saturated carbocycles. The van der Waals surface area contributed by atoms with Gasteiger partial charge in [0.15, 0.2) is 0 Å². The predicted octanol–water partition coefficient (Wildman–Crippen LogP) is 2.81. The van der Waals surface area contributed by atoms with Gasteiger partial charge in [0.1, 0.15) is 11.1 Å². The van der Waals surface area contributed by atoms with Crippen molar-refractivity contribution in [2.45, 2.75) is 39.8 Å². The van der Waals surface area contributed by atoms with Crippen LogP contribution in [-0.4, -0.2) is 23.4 Å². The van der Waals surface area contributed by atoms with E-state index in [2.05, 4.69) is 24.5 Å². The number of rotatable bonds is 7. The lowest BCUT2D eigenvalue weighted by Crippen LogP contribution is -2.35. The Hall–Kier alpha value is -2.41. The Morgan fingerprint density at radius 3 is 2.35 bits per heavy atom. The molecule has 2 heterocycles. The van der Waals surface area contributed by atoms with Gasteiger partial charge in [-0.25, -0.2) is 0 Å². The van der Waals surface area contributed by atoms with Gasteiger partial charge in [-0.1, -0.05) is 19.9 Å². The third kappa shape index (κ3) is 4.82. The second kappa shape index (κ2) is 8.80. The van der Waals surface area contributed by atoms with Crippen molar-refractivity contribution in [2.75, 3.05) is 7.05 Å². The van der Waals surface area contributed by atoms with E-state index in [1.165, 1.54) is 30.8 Å². The standard InChI is InChI=1S/C19H25N3O3S/c1-12(2)7-8-22-10-14(18(24)20-4)17(23)15(11-22)19(25)21-13(3)16-6-5-9-26-16/h5-6,9-13H,7-8H2,1-4H3,(H,20,24)(H,21,25)/t13-/m0/s1. The van der Waals surface area contributed by atoms with Crippen LogP contribution in [0, 0.1) is 5.92 Å². The molecule has 0 fully saturated rings. The van der Waals surface area contributed by atoms with Gasteiger partial charge in [-0.05, 0) is 30.7 Å². The summed E-state index contributed by atoms with van der Waals surface area (Å²) in [6.45, 7) is 6.68. The Kier molecular flexibility index (Phi) is 6.74. The average molecular weight is 375 g/mol. The number of aryl methyl sites for hydroxylation is 1. The molecule has 7 heteroatoms. The molecule has 0 aliphatic carbocycles. The molecule has 140 valence electrons. The van der Waals surface area contributed by atoms with E-state index in [4.69, 9.17) is 0 Å². The molecule has 0 radical (unpaired) electrons. The van der Waals surface area contributed by atoms with Crippen LogP contribution in [0.3, 0.4) is 0 Å². The van der Waals surface area contributed by atoms with E-state index in [9.17, 15) is 14.4 Å². The predicted molar refractivity (Wildman–Crippen MR) is 104 cm³/mol. The summed E-state index contributed by atoms with van der Waals surface area (Å²) in [5.41, 5.74) is -0.591. The number of amides is 2. The van der Waals surface area contributed by atoms with Crippen LogP contribution in [0.2, 0.25) is 0 Å². The normalized spacial score (nSPS) is 12.0. The summed E-state index contributed by atoms with van der Waals surface area (Å²) in [7, 11) is 1.46. The average Bonchev–Trinajstić information content (AvgIpc) is 3.14. The van der Waals surface area contributed by atoms with Crippen LogP contribution >= 0.6 is 11.3 Å². The maximum atomic E-state index is 12.7. The summed E-state index contributed by atoms with van der Waals surface area (Å²) in [5.74, 6) is -0.497. The Labute approximate surface area is 157 Å². The number of nitrogens with zero attached hydrogens (tertiary/aromatic N) is 1. The Balaban J connectivity index is 2.35. The first-order valence-electron chi connectivity index (χ1n) is 8.64. The number of nitrogens with one attached hydrogen (secondary N) is 2. The second-order valence-corrected chi connectivity index (χ2v) is 7.60.